The molecule has 94 valence electrons. The van der Waals surface area contributed by atoms with E-state index in [1.807, 2.05) is 12.1 Å². The van der Waals surface area contributed by atoms with Gasteiger partial charge in [-0.3, -0.25) is 0 Å². The molecule has 0 saturated carbocycles. The maximum atomic E-state index is 13.7. The molecule has 0 radical (unpaired) electrons. The number of hydrogen-bond acceptors (Lipinski definition) is 4. The Balaban J connectivity index is 1.77. The lowest BCUT2D eigenvalue weighted by Gasteiger charge is -2.26. The number of rotatable bonds is 3. The van der Waals surface area contributed by atoms with E-state index in [-0.39, 0.29) is 11.9 Å². The van der Waals surface area contributed by atoms with Crippen LogP contribution in [0, 0.1) is 5.82 Å². The number of benzene rings is 1. The first-order chi connectivity index (χ1) is 8.84. The van der Waals surface area contributed by atoms with E-state index >= 15 is 0 Å². The maximum Gasteiger partial charge on any atom is 0.137 e. The molecular weight excluding hydrogens is 251 g/mol. The SMILES string of the molecule is Fc1cccc2c1SCCC2NCc1ccon1. The first-order valence-corrected chi connectivity index (χ1v) is 6.87. The quantitative estimate of drug-likeness (QED) is 0.924. The van der Waals surface area contributed by atoms with E-state index in [0.29, 0.717) is 6.54 Å². The Bertz CT molecular complexity index is 530. The standard InChI is InChI=1S/C13H13FN2OS/c14-11-3-1-2-10-12(5-7-18-13(10)11)15-8-9-4-6-17-16-9/h1-4,6,12,15H,5,7-8H2. The van der Waals surface area contributed by atoms with Crippen LogP contribution in [0.2, 0.25) is 0 Å². The highest BCUT2D eigenvalue weighted by Crippen LogP contribution is 2.37. The van der Waals surface area contributed by atoms with Crippen LogP contribution in [0.15, 0.2) is 39.9 Å². The maximum absolute atomic E-state index is 13.7. The third-order valence-corrected chi connectivity index (χ3v) is 4.21. The van der Waals surface area contributed by atoms with Crippen molar-refractivity contribution in [1.29, 1.82) is 0 Å². The molecule has 0 fully saturated rings. The Morgan fingerprint density at radius 3 is 3.22 bits per heavy atom. The Morgan fingerprint density at radius 2 is 2.39 bits per heavy atom. The summed E-state index contributed by atoms with van der Waals surface area (Å²) >= 11 is 1.59. The van der Waals surface area contributed by atoms with Crippen molar-refractivity contribution in [3.8, 4) is 0 Å². The van der Waals surface area contributed by atoms with E-state index in [9.17, 15) is 4.39 Å². The molecule has 3 nitrogen and oxygen atoms in total. The molecule has 0 amide bonds. The van der Waals surface area contributed by atoms with Crippen molar-refractivity contribution in [3.63, 3.8) is 0 Å². The minimum absolute atomic E-state index is 0.120. The van der Waals surface area contributed by atoms with Gasteiger partial charge in [-0.25, -0.2) is 4.39 Å². The molecule has 1 unspecified atom stereocenters. The molecule has 1 atom stereocenters. The minimum atomic E-state index is -0.120. The highest BCUT2D eigenvalue weighted by atomic mass is 32.2. The molecular formula is C13H13FN2OS. The molecule has 3 rings (SSSR count). The van der Waals surface area contributed by atoms with Crippen molar-refractivity contribution in [2.45, 2.75) is 23.9 Å². The fourth-order valence-corrected chi connectivity index (χ4v) is 3.30. The van der Waals surface area contributed by atoms with Crippen molar-refractivity contribution in [2.75, 3.05) is 5.75 Å². The molecule has 1 aliphatic rings. The van der Waals surface area contributed by atoms with Gasteiger partial charge < -0.3 is 9.84 Å². The second kappa shape index (κ2) is 5.12. The Morgan fingerprint density at radius 1 is 1.44 bits per heavy atom. The monoisotopic (exact) mass is 264 g/mol. The van der Waals surface area contributed by atoms with Gasteiger partial charge in [0, 0.05) is 23.5 Å². The molecule has 2 heterocycles. The second-order valence-corrected chi connectivity index (χ2v) is 5.32. The van der Waals surface area contributed by atoms with Gasteiger partial charge in [-0.2, -0.15) is 0 Å². The largest absolute Gasteiger partial charge is 0.364 e. The lowest BCUT2D eigenvalue weighted by Crippen LogP contribution is -2.24. The Kier molecular flexibility index (Phi) is 3.34. The summed E-state index contributed by atoms with van der Waals surface area (Å²) in [5.74, 6) is 0.815. The van der Waals surface area contributed by atoms with Crippen LogP contribution in [-0.2, 0) is 6.54 Å². The lowest BCUT2D eigenvalue weighted by molar-refractivity contribution is 0.402. The Hall–Kier alpha value is -1.33. The summed E-state index contributed by atoms with van der Waals surface area (Å²) in [6.07, 6.45) is 2.56. The van der Waals surface area contributed by atoms with Crippen molar-refractivity contribution in [3.05, 3.63) is 47.6 Å². The van der Waals surface area contributed by atoms with Gasteiger partial charge in [-0.05, 0) is 23.8 Å². The summed E-state index contributed by atoms with van der Waals surface area (Å²) in [7, 11) is 0. The zero-order valence-electron chi connectivity index (χ0n) is 9.73. The van der Waals surface area contributed by atoms with E-state index in [2.05, 4.69) is 10.5 Å². The normalized spacial score (nSPS) is 18.6. The van der Waals surface area contributed by atoms with Crippen molar-refractivity contribution in [2.24, 2.45) is 0 Å². The summed E-state index contributed by atoms with van der Waals surface area (Å²) in [5.41, 5.74) is 1.92. The summed E-state index contributed by atoms with van der Waals surface area (Å²) < 4.78 is 18.5. The molecule has 1 aromatic heterocycles. The summed E-state index contributed by atoms with van der Waals surface area (Å²) in [6.45, 7) is 0.641. The fraction of sp³-hybridized carbons (Fsp3) is 0.308. The summed E-state index contributed by atoms with van der Waals surface area (Å²) in [4.78, 5) is 0.779. The number of thioether (sulfide) groups is 1. The van der Waals surface area contributed by atoms with Crippen LogP contribution in [0.3, 0.4) is 0 Å². The summed E-state index contributed by atoms with van der Waals surface area (Å²) in [5, 5.41) is 7.26. The van der Waals surface area contributed by atoms with Crippen LogP contribution in [0.1, 0.15) is 23.7 Å². The topological polar surface area (TPSA) is 38.1 Å². The highest BCUT2D eigenvalue weighted by Gasteiger charge is 2.22. The van der Waals surface area contributed by atoms with Crippen LogP contribution in [0.5, 0.6) is 0 Å². The Labute approximate surface area is 109 Å². The van der Waals surface area contributed by atoms with Gasteiger partial charge in [-0.15, -0.1) is 11.8 Å². The third kappa shape index (κ3) is 2.28. The summed E-state index contributed by atoms with van der Waals surface area (Å²) in [6, 6.07) is 7.30. The minimum Gasteiger partial charge on any atom is -0.364 e. The van der Waals surface area contributed by atoms with E-state index < -0.39 is 0 Å². The number of nitrogens with zero attached hydrogens (tertiary/aromatic N) is 1. The van der Waals surface area contributed by atoms with Crippen LogP contribution >= 0.6 is 11.8 Å². The molecule has 0 saturated heterocycles. The number of fused-ring (bicyclic) bond motifs is 1. The molecule has 0 aliphatic carbocycles. The molecule has 1 aliphatic heterocycles. The van der Waals surface area contributed by atoms with Gasteiger partial charge in [-0.1, -0.05) is 17.3 Å². The van der Waals surface area contributed by atoms with Crippen LogP contribution in [-0.4, -0.2) is 10.9 Å². The van der Waals surface area contributed by atoms with Crippen LogP contribution in [0.25, 0.3) is 0 Å². The van der Waals surface area contributed by atoms with Gasteiger partial charge in [0.2, 0.25) is 0 Å². The average Bonchev–Trinajstić information content (AvgIpc) is 2.90. The molecule has 2 aromatic rings. The van der Waals surface area contributed by atoms with Gasteiger partial charge in [0.15, 0.2) is 0 Å². The van der Waals surface area contributed by atoms with Gasteiger partial charge in [0.1, 0.15) is 12.1 Å². The molecule has 0 bridgehead atoms. The molecule has 1 aromatic carbocycles. The van der Waals surface area contributed by atoms with Gasteiger partial charge in [0.05, 0.1) is 5.69 Å². The van der Waals surface area contributed by atoms with E-state index in [0.717, 1.165) is 28.3 Å². The van der Waals surface area contributed by atoms with Crippen LogP contribution < -0.4 is 5.32 Å². The number of hydrogen-bond donors (Lipinski definition) is 1. The first-order valence-electron chi connectivity index (χ1n) is 5.88. The predicted molar refractivity (Wildman–Crippen MR) is 67.8 cm³/mol. The molecule has 0 spiro atoms. The highest BCUT2D eigenvalue weighted by molar-refractivity contribution is 7.99. The van der Waals surface area contributed by atoms with E-state index in [1.54, 1.807) is 24.1 Å². The first kappa shape index (κ1) is 11.7. The fourth-order valence-electron chi connectivity index (χ4n) is 2.16. The third-order valence-electron chi connectivity index (χ3n) is 3.05. The number of halogens is 1. The van der Waals surface area contributed by atoms with Crippen molar-refractivity contribution < 1.29 is 8.91 Å². The average molecular weight is 264 g/mol. The zero-order valence-corrected chi connectivity index (χ0v) is 10.5. The smallest absolute Gasteiger partial charge is 0.137 e. The lowest BCUT2D eigenvalue weighted by atomic mass is 10.0. The van der Waals surface area contributed by atoms with Gasteiger partial charge >= 0.3 is 0 Å². The molecule has 5 heteroatoms. The van der Waals surface area contributed by atoms with Crippen molar-refractivity contribution in [1.82, 2.24) is 10.5 Å². The zero-order chi connectivity index (χ0) is 12.4. The van der Waals surface area contributed by atoms with E-state index in [4.69, 9.17) is 4.52 Å². The van der Waals surface area contributed by atoms with Crippen molar-refractivity contribution >= 4 is 11.8 Å². The van der Waals surface area contributed by atoms with Gasteiger partial charge in [0.25, 0.3) is 0 Å². The second-order valence-electron chi connectivity index (χ2n) is 4.22. The van der Waals surface area contributed by atoms with E-state index in [1.165, 1.54) is 6.07 Å². The number of nitrogens with one attached hydrogen (secondary N) is 1. The molecule has 18 heavy (non-hydrogen) atoms. The van der Waals surface area contributed by atoms with Crippen LogP contribution in [0.4, 0.5) is 4.39 Å². The predicted octanol–water partition coefficient (Wildman–Crippen LogP) is 3.14. The number of aromatic nitrogens is 1. The molecule has 1 N–H and O–H groups in total.